The number of aliphatic carboxylic acids is 1. The Morgan fingerprint density at radius 2 is 0.814 bits per heavy atom. The average Bonchev–Trinajstić information content (AvgIpc) is 0.687. The number of allylic oxidation sites excluding steroid dienone is 21. The number of carbonyl (C=O) groups excluding carboxylic acids is 4. The third-order valence-corrected chi connectivity index (χ3v) is 33.2. The van der Waals surface area contributed by atoms with Gasteiger partial charge in [0.15, 0.2) is 17.3 Å². The van der Waals surface area contributed by atoms with Crippen molar-refractivity contribution in [2.24, 2.45) is 105 Å². The molecule has 0 aromatic carbocycles. The Kier molecular flexibility index (Phi) is 15.4. The lowest BCUT2D eigenvalue weighted by Gasteiger charge is -2.70. The maximum Gasteiger partial charge on any atom is 0.309 e. The lowest BCUT2D eigenvalue weighted by atomic mass is 9.34. The van der Waals surface area contributed by atoms with E-state index in [1.165, 1.54) is 29.6 Å². The van der Waals surface area contributed by atoms with Crippen molar-refractivity contribution < 1.29 is 44.4 Å². The van der Waals surface area contributed by atoms with Gasteiger partial charge in [0, 0.05) is 38.4 Å². The predicted octanol–water partition coefficient (Wildman–Crippen LogP) is 19.5. The van der Waals surface area contributed by atoms with Gasteiger partial charge in [0.05, 0.1) is 16.9 Å². The first-order valence-electron chi connectivity index (χ1n) is 37.2. The standard InChI is InChI=1S/C29H39NO3.C29H38O4.C28H35NO2/c1-17-18-7-8-21-27(4,19(18)15-20(31)23(17)32)12-14-29(6)22-16-26(3,24(30)33)10-9-25(22,2)11-13-28(21,29)5;1-17-18-7-8-21-27(4,19(18)15-20(30)23(17)31)12-14-29(6)22-16-26(3,24(32)33)10-9-25(22,2)11-13-28(21,29)5;1-17-18-6-7-23-27(4,20(18)14-22(30)24(17)31)9-8-19-21-15-25(2,16-29)10-11-26(21,3)12-13-28(19,23)5/h7-8,15,22,32H,9-14,16H2,1-6H3,(H2,30,33);7-8,15,22,31H,9-14,16H2,1-6H3,(H,32,33);6-7,14,19,21,31H,8-13,15H2,1-5H3/t2*22-,25-,26-,27+,28-,29+;19?,21-,25+,26+,27-,28-/m110/s1. The van der Waals surface area contributed by atoms with Gasteiger partial charge in [0.1, 0.15) is 0 Å². The zero-order chi connectivity index (χ0) is 70.8. The van der Waals surface area contributed by atoms with Crippen LogP contribution in [0.15, 0.2) is 139 Å². The van der Waals surface area contributed by atoms with Crippen LogP contribution in [0.5, 0.6) is 0 Å². The molecular formula is C86H112N2O9. The Hall–Kier alpha value is -6.28. The third-order valence-electron chi connectivity index (χ3n) is 33.2. The van der Waals surface area contributed by atoms with E-state index in [1.807, 2.05) is 27.7 Å². The largest absolute Gasteiger partial charge is 0.504 e. The minimum absolute atomic E-state index is 0.0000746. The van der Waals surface area contributed by atoms with E-state index >= 15 is 0 Å². The first-order valence-corrected chi connectivity index (χ1v) is 37.2. The molecule has 9 saturated carbocycles. The summed E-state index contributed by atoms with van der Waals surface area (Å²) < 4.78 is 0. The number of aliphatic hydroxyl groups excluding tert-OH is 3. The highest BCUT2D eigenvalue weighted by Gasteiger charge is 2.70. The topological polar surface area (TPSA) is 216 Å². The molecule has 0 spiro atoms. The van der Waals surface area contributed by atoms with E-state index in [-0.39, 0.29) is 100 Å². The molecule has 18 atom stereocenters. The molecular weight excluding hydrogens is 1200 g/mol. The van der Waals surface area contributed by atoms with Crippen LogP contribution in [0.2, 0.25) is 0 Å². The summed E-state index contributed by atoms with van der Waals surface area (Å²) in [6.07, 6.45) is 39.8. The third kappa shape index (κ3) is 9.28. The van der Waals surface area contributed by atoms with Crippen molar-refractivity contribution in [3.63, 3.8) is 0 Å². The quantitative estimate of drug-likeness (QED) is 0.176. The summed E-state index contributed by atoms with van der Waals surface area (Å²) in [7, 11) is 0. The zero-order valence-corrected chi connectivity index (χ0v) is 61.7. The molecule has 1 unspecified atom stereocenters. The summed E-state index contributed by atoms with van der Waals surface area (Å²) in [5.74, 6) is -0.0687. The van der Waals surface area contributed by atoms with E-state index in [4.69, 9.17) is 5.73 Å². The Morgan fingerprint density at radius 3 is 1.23 bits per heavy atom. The van der Waals surface area contributed by atoms with Crippen LogP contribution in [0.3, 0.4) is 0 Å². The van der Waals surface area contributed by atoms with Crippen LogP contribution in [-0.2, 0) is 24.0 Å². The molecule has 11 nitrogen and oxygen atoms in total. The Bertz CT molecular complexity index is 3910. The van der Waals surface area contributed by atoms with Gasteiger partial charge in [-0.25, -0.2) is 0 Å². The Morgan fingerprint density at radius 1 is 0.443 bits per heavy atom. The summed E-state index contributed by atoms with van der Waals surface area (Å²) in [5, 5.41) is 50.7. The molecule has 1 amide bonds. The van der Waals surface area contributed by atoms with E-state index in [0.717, 1.165) is 155 Å². The van der Waals surface area contributed by atoms with Gasteiger partial charge < -0.3 is 26.2 Å². The van der Waals surface area contributed by atoms with Crippen molar-refractivity contribution in [2.45, 2.75) is 253 Å². The number of primary amides is 1. The first kappa shape index (κ1) is 69.2. The van der Waals surface area contributed by atoms with Crippen molar-refractivity contribution >= 4 is 29.2 Å². The number of hydrogen-bond acceptors (Lipinski definition) is 9. The average molecular weight is 1320 g/mol. The molecule has 9 fully saturated rings. The van der Waals surface area contributed by atoms with Gasteiger partial charge in [0.25, 0.3) is 0 Å². The van der Waals surface area contributed by atoms with Crippen molar-refractivity contribution in [3.8, 4) is 6.07 Å². The molecule has 0 heterocycles. The monoisotopic (exact) mass is 1320 g/mol. The minimum atomic E-state index is -0.655. The molecule has 0 bridgehead atoms. The number of nitrogens with two attached hydrogens (primary N) is 1. The van der Waals surface area contributed by atoms with Crippen molar-refractivity contribution in [1.82, 2.24) is 0 Å². The fourth-order valence-electron chi connectivity index (χ4n) is 25.5. The van der Waals surface area contributed by atoms with E-state index in [2.05, 4.69) is 133 Å². The first-order chi connectivity index (χ1) is 44.9. The van der Waals surface area contributed by atoms with Crippen molar-refractivity contribution in [2.75, 3.05) is 0 Å². The van der Waals surface area contributed by atoms with Crippen molar-refractivity contribution in [3.05, 3.63) is 139 Å². The molecule has 0 radical (unpaired) electrons. The smallest absolute Gasteiger partial charge is 0.309 e. The van der Waals surface area contributed by atoms with Gasteiger partial charge in [-0.05, 0) is 288 Å². The number of ketones is 3. The second kappa shape index (κ2) is 21.6. The van der Waals surface area contributed by atoms with Crippen LogP contribution >= 0.6 is 0 Å². The molecule has 15 rings (SSSR count). The molecule has 0 aromatic rings. The molecule has 0 saturated heterocycles. The maximum absolute atomic E-state index is 12.6. The fraction of sp³-hybridized carbons (Fsp3) is 0.651. The van der Waals surface area contributed by atoms with Crippen LogP contribution in [0.4, 0.5) is 0 Å². The molecule has 0 aliphatic heterocycles. The molecule has 520 valence electrons. The second-order valence-electron chi connectivity index (χ2n) is 38.0. The summed E-state index contributed by atoms with van der Waals surface area (Å²) in [4.78, 5) is 62.4. The summed E-state index contributed by atoms with van der Waals surface area (Å²) in [5.41, 5.74) is 17.4. The zero-order valence-electron chi connectivity index (χ0n) is 61.7. The highest BCUT2D eigenvalue weighted by molar-refractivity contribution is 6.08. The van der Waals surface area contributed by atoms with Crippen LogP contribution in [0, 0.1) is 111 Å². The predicted molar refractivity (Wildman–Crippen MR) is 381 cm³/mol. The molecule has 97 heavy (non-hydrogen) atoms. The number of fused-ring (bicyclic) bond motifs is 21. The number of amides is 1. The van der Waals surface area contributed by atoms with Gasteiger partial charge >= 0.3 is 5.97 Å². The van der Waals surface area contributed by atoms with Gasteiger partial charge in [0.2, 0.25) is 23.3 Å². The number of rotatable bonds is 2. The molecule has 15 aliphatic rings. The Balaban J connectivity index is 0.000000131. The number of nitrogens with zero attached hydrogens (tertiary/aromatic N) is 1. The van der Waals surface area contributed by atoms with Gasteiger partial charge in [-0.1, -0.05) is 136 Å². The number of carboxylic acids is 1. The summed E-state index contributed by atoms with van der Waals surface area (Å²) in [6, 6.07) is 2.65. The van der Waals surface area contributed by atoms with E-state index < -0.39 is 16.8 Å². The van der Waals surface area contributed by atoms with Gasteiger partial charge in [-0.2, -0.15) is 5.26 Å². The lowest BCUT2D eigenvalue weighted by Crippen LogP contribution is -2.62. The number of carboxylic acid groups (broad SMARTS) is 1. The lowest BCUT2D eigenvalue weighted by molar-refractivity contribution is -0.178. The molecule has 11 heteroatoms. The molecule has 15 aliphatic carbocycles. The summed E-state index contributed by atoms with van der Waals surface area (Å²) >= 11 is 0. The fourth-order valence-corrected chi connectivity index (χ4v) is 25.5. The van der Waals surface area contributed by atoms with E-state index in [1.54, 1.807) is 18.2 Å². The molecule has 0 aromatic heterocycles. The number of nitriles is 1. The number of carbonyl (C=O) groups is 5. The van der Waals surface area contributed by atoms with Crippen LogP contribution in [0.1, 0.15) is 253 Å². The highest BCUT2D eigenvalue weighted by Crippen LogP contribution is 2.78. The van der Waals surface area contributed by atoms with Crippen molar-refractivity contribution in [1.29, 1.82) is 5.26 Å². The Labute approximate surface area is 578 Å². The van der Waals surface area contributed by atoms with Crippen LogP contribution < -0.4 is 5.73 Å². The number of aliphatic hydroxyl groups is 3. The number of hydrogen-bond donors (Lipinski definition) is 5. The maximum atomic E-state index is 12.6. The van der Waals surface area contributed by atoms with E-state index in [9.17, 15) is 49.7 Å². The second-order valence-corrected chi connectivity index (χ2v) is 38.0. The van der Waals surface area contributed by atoms with E-state index in [0.29, 0.717) is 45.8 Å². The highest BCUT2D eigenvalue weighted by atomic mass is 16.4. The normalized spacial score (nSPS) is 46.7. The molecule has 6 N–H and O–H groups in total. The van der Waals surface area contributed by atoms with Crippen LogP contribution in [-0.4, -0.2) is 49.7 Å². The van der Waals surface area contributed by atoms with Gasteiger partial charge in [-0.3, -0.25) is 24.0 Å². The summed E-state index contributed by atoms with van der Waals surface area (Å²) in [6.45, 7) is 38.2. The SMILES string of the molecule is CC1=C(O)C(=O)C=C2C1=CC=C1[C@@]2(C)CCC2[C@@H]3C[C@](C)(C#N)CC[C@]3(C)CC[C@]12C.CC1=C(O)C(=O)C=C2C1=CC=C1[C@@]2(C)CC[C@@]2(C)[C@@H]3C[C@](C)(C(=O)O)CC[C@]3(C)CC[C@]12C.CC1=C(O)C(=O)C=C2C1=CC=C1[C@@]2(C)CC[C@@]2(C)[C@@H]3C[C@](C)(C(N)=O)CC[C@]3(C)CC[C@]12C. The van der Waals surface area contributed by atoms with Gasteiger partial charge in [-0.15, -0.1) is 0 Å². The van der Waals surface area contributed by atoms with Crippen LogP contribution in [0.25, 0.3) is 0 Å². The minimum Gasteiger partial charge on any atom is -0.504 e.